The lowest BCUT2D eigenvalue weighted by Crippen LogP contribution is -2.54. The predicted octanol–water partition coefficient (Wildman–Crippen LogP) is 4.84. The first kappa shape index (κ1) is 38.6. The number of benzene rings is 3. The van der Waals surface area contributed by atoms with Crippen LogP contribution in [0, 0.1) is 23.7 Å². The molecule has 5 atom stereocenters. The minimum absolute atomic E-state index is 0.0658. The second-order valence-corrected chi connectivity index (χ2v) is 13.3. The van der Waals surface area contributed by atoms with E-state index in [2.05, 4.69) is 10.6 Å². The number of primary amides is 1. The molecule has 3 aromatic rings. The SMILES string of the molecule is CCC(C)C(NC(=O)C(CC(=O)OCc1ccccc1)CC(C)C)C(=O)C(=O)NC(C)C(=O)CC(Cc1ccc2ccccc2c1)C(N)=O. The van der Waals surface area contributed by atoms with Crippen molar-refractivity contribution in [1.82, 2.24) is 10.6 Å². The van der Waals surface area contributed by atoms with Crippen molar-refractivity contribution in [2.45, 2.75) is 85.4 Å². The molecule has 3 rings (SSSR count). The molecule has 10 heteroatoms. The van der Waals surface area contributed by atoms with Gasteiger partial charge in [0.15, 0.2) is 5.78 Å². The maximum Gasteiger partial charge on any atom is 0.306 e. The van der Waals surface area contributed by atoms with Crippen LogP contribution in [-0.4, -0.2) is 47.3 Å². The van der Waals surface area contributed by atoms with Gasteiger partial charge in [-0.2, -0.15) is 0 Å². The zero-order chi connectivity index (χ0) is 36.1. The number of nitrogens with two attached hydrogens (primary N) is 1. The summed E-state index contributed by atoms with van der Waals surface area (Å²) in [7, 11) is 0. The number of carbonyl (C=O) groups is 6. The first-order chi connectivity index (χ1) is 23.3. The van der Waals surface area contributed by atoms with Crippen LogP contribution in [0.4, 0.5) is 0 Å². The van der Waals surface area contributed by atoms with E-state index in [0.717, 1.165) is 21.9 Å². The average Bonchev–Trinajstić information content (AvgIpc) is 3.08. The number of amides is 3. The molecule has 0 radical (unpaired) electrons. The number of Topliss-reactive ketones (excluding diaryl/α,β-unsaturated/α-hetero) is 2. The Kier molecular flexibility index (Phi) is 14.7. The summed E-state index contributed by atoms with van der Waals surface area (Å²) in [5.74, 6) is -6.05. The number of ketones is 2. The normalized spacial score (nSPS) is 14.2. The second-order valence-electron chi connectivity index (χ2n) is 13.3. The van der Waals surface area contributed by atoms with E-state index in [0.29, 0.717) is 12.8 Å². The van der Waals surface area contributed by atoms with Crippen molar-refractivity contribution in [3.8, 4) is 0 Å². The number of rotatable bonds is 19. The van der Waals surface area contributed by atoms with Crippen LogP contribution in [0.5, 0.6) is 0 Å². The molecule has 0 saturated carbocycles. The van der Waals surface area contributed by atoms with E-state index in [4.69, 9.17) is 10.5 Å². The van der Waals surface area contributed by atoms with Crippen LogP contribution >= 0.6 is 0 Å². The monoisotopic (exact) mass is 671 g/mol. The van der Waals surface area contributed by atoms with Gasteiger partial charge < -0.3 is 21.1 Å². The fraction of sp³-hybridized carbons (Fsp3) is 0.436. The maximum atomic E-state index is 13.5. The van der Waals surface area contributed by atoms with E-state index in [-0.39, 0.29) is 31.8 Å². The van der Waals surface area contributed by atoms with Gasteiger partial charge in [-0.25, -0.2) is 0 Å². The van der Waals surface area contributed by atoms with Crippen molar-refractivity contribution in [3.63, 3.8) is 0 Å². The zero-order valence-electron chi connectivity index (χ0n) is 29.1. The summed E-state index contributed by atoms with van der Waals surface area (Å²) in [5, 5.41) is 7.21. The zero-order valence-corrected chi connectivity index (χ0v) is 29.1. The van der Waals surface area contributed by atoms with Gasteiger partial charge in [0.1, 0.15) is 6.61 Å². The number of ether oxygens (including phenoxy) is 1. The van der Waals surface area contributed by atoms with Crippen LogP contribution in [0.3, 0.4) is 0 Å². The average molecular weight is 672 g/mol. The molecule has 10 nitrogen and oxygen atoms in total. The van der Waals surface area contributed by atoms with Crippen molar-refractivity contribution >= 4 is 46.0 Å². The van der Waals surface area contributed by atoms with Gasteiger partial charge in [0.2, 0.25) is 17.6 Å². The summed E-state index contributed by atoms with van der Waals surface area (Å²) < 4.78 is 5.40. The lowest BCUT2D eigenvalue weighted by atomic mass is 9.90. The Hall–Kier alpha value is -4.86. The molecule has 0 aliphatic carbocycles. The van der Waals surface area contributed by atoms with E-state index in [1.54, 1.807) is 6.92 Å². The van der Waals surface area contributed by atoms with Gasteiger partial charge in [0.05, 0.1) is 18.5 Å². The molecule has 0 heterocycles. The van der Waals surface area contributed by atoms with Crippen LogP contribution in [0.25, 0.3) is 10.8 Å². The molecule has 0 spiro atoms. The lowest BCUT2D eigenvalue weighted by Gasteiger charge is -2.26. The van der Waals surface area contributed by atoms with Crippen molar-refractivity contribution in [2.75, 3.05) is 0 Å². The van der Waals surface area contributed by atoms with E-state index >= 15 is 0 Å². The fourth-order valence-electron chi connectivity index (χ4n) is 5.66. The molecule has 0 fully saturated rings. The van der Waals surface area contributed by atoms with Crippen LogP contribution in [0.2, 0.25) is 0 Å². The Morgan fingerprint density at radius 2 is 1.41 bits per heavy atom. The molecule has 49 heavy (non-hydrogen) atoms. The Bertz CT molecular complexity index is 1620. The Morgan fingerprint density at radius 1 is 0.755 bits per heavy atom. The summed E-state index contributed by atoms with van der Waals surface area (Å²) >= 11 is 0. The van der Waals surface area contributed by atoms with Crippen molar-refractivity contribution in [1.29, 1.82) is 0 Å². The molecule has 0 bridgehead atoms. The van der Waals surface area contributed by atoms with Crippen LogP contribution < -0.4 is 16.4 Å². The molecular weight excluding hydrogens is 622 g/mol. The lowest BCUT2D eigenvalue weighted by molar-refractivity contribution is -0.149. The third-order valence-electron chi connectivity index (χ3n) is 8.78. The van der Waals surface area contributed by atoms with Crippen LogP contribution in [0.15, 0.2) is 72.8 Å². The summed E-state index contributed by atoms with van der Waals surface area (Å²) in [6, 6.07) is 20.5. The Labute approximate surface area is 288 Å². The molecule has 3 amide bonds. The number of carbonyl (C=O) groups excluding carboxylic acids is 6. The van der Waals surface area contributed by atoms with Gasteiger partial charge in [-0.3, -0.25) is 28.8 Å². The second kappa shape index (κ2) is 18.6. The van der Waals surface area contributed by atoms with Gasteiger partial charge >= 0.3 is 5.97 Å². The molecule has 5 unspecified atom stereocenters. The van der Waals surface area contributed by atoms with Gasteiger partial charge in [-0.15, -0.1) is 0 Å². The highest BCUT2D eigenvalue weighted by molar-refractivity contribution is 6.39. The molecule has 0 aromatic heterocycles. The minimum Gasteiger partial charge on any atom is -0.461 e. The largest absolute Gasteiger partial charge is 0.461 e. The minimum atomic E-state index is -1.18. The maximum absolute atomic E-state index is 13.5. The summed E-state index contributed by atoms with van der Waals surface area (Å²) in [4.78, 5) is 78.2. The van der Waals surface area contributed by atoms with Gasteiger partial charge in [0.25, 0.3) is 5.91 Å². The van der Waals surface area contributed by atoms with Gasteiger partial charge in [0, 0.05) is 18.3 Å². The van der Waals surface area contributed by atoms with E-state index < -0.39 is 65.1 Å². The molecule has 0 aliphatic rings. The van der Waals surface area contributed by atoms with Gasteiger partial charge in [-0.05, 0) is 53.5 Å². The standard InChI is InChI=1S/C39H49N3O7/c1-6-25(4)35(42-38(47)32(18-24(2)3)22-34(44)49-23-27-12-8-7-9-13-27)36(45)39(48)41-26(5)33(43)21-31(37(40)46)20-28-16-17-29-14-10-11-15-30(29)19-28/h7-17,19,24-26,31-32,35H,6,18,20-23H2,1-5H3,(H2,40,46)(H,41,48)(H,42,47). The highest BCUT2D eigenvalue weighted by Crippen LogP contribution is 2.21. The molecule has 262 valence electrons. The number of fused-ring (bicyclic) bond motifs is 1. The Morgan fingerprint density at radius 3 is 2.04 bits per heavy atom. The third kappa shape index (κ3) is 12.0. The third-order valence-corrected chi connectivity index (χ3v) is 8.78. The highest BCUT2D eigenvalue weighted by atomic mass is 16.5. The number of hydrogen-bond donors (Lipinski definition) is 3. The van der Waals surface area contributed by atoms with E-state index in [1.807, 2.05) is 93.6 Å². The van der Waals surface area contributed by atoms with E-state index in [1.165, 1.54) is 6.92 Å². The quantitative estimate of drug-likeness (QED) is 0.121. The molecule has 3 aromatic carbocycles. The molecule has 0 saturated heterocycles. The number of esters is 1. The van der Waals surface area contributed by atoms with Crippen LogP contribution in [-0.2, 0) is 46.5 Å². The smallest absolute Gasteiger partial charge is 0.306 e. The number of hydrogen-bond acceptors (Lipinski definition) is 7. The number of nitrogens with one attached hydrogen (secondary N) is 2. The topological polar surface area (TPSA) is 162 Å². The fourth-order valence-corrected chi connectivity index (χ4v) is 5.66. The Balaban J connectivity index is 1.63. The molecular formula is C39H49N3O7. The van der Waals surface area contributed by atoms with Crippen molar-refractivity contribution in [3.05, 3.63) is 83.9 Å². The first-order valence-corrected chi connectivity index (χ1v) is 16.9. The van der Waals surface area contributed by atoms with Crippen molar-refractivity contribution < 1.29 is 33.5 Å². The van der Waals surface area contributed by atoms with Crippen molar-refractivity contribution in [2.24, 2.45) is 29.4 Å². The predicted molar refractivity (Wildman–Crippen MR) is 188 cm³/mol. The van der Waals surface area contributed by atoms with E-state index in [9.17, 15) is 28.8 Å². The molecule has 0 aliphatic heterocycles. The summed E-state index contributed by atoms with van der Waals surface area (Å²) in [6.07, 6.45) is 0.676. The summed E-state index contributed by atoms with van der Waals surface area (Å²) in [5.41, 5.74) is 7.31. The highest BCUT2D eigenvalue weighted by Gasteiger charge is 2.35. The first-order valence-electron chi connectivity index (χ1n) is 16.9. The van der Waals surface area contributed by atoms with Gasteiger partial charge in [-0.1, -0.05) is 107 Å². The summed E-state index contributed by atoms with van der Waals surface area (Å²) in [6.45, 7) is 8.92. The van der Waals surface area contributed by atoms with Crippen LogP contribution in [0.1, 0.15) is 71.4 Å². The molecule has 4 N–H and O–H groups in total.